The van der Waals surface area contributed by atoms with Crippen molar-refractivity contribution < 1.29 is 4.42 Å². The molecule has 0 spiro atoms. The van der Waals surface area contributed by atoms with Crippen LogP contribution in [0, 0.1) is 0 Å². The van der Waals surface area contributed by atoms with E-state index >= 15 is 0 Å². The molecule has 0 radical (unpaired) electrons. The molecule has 6 nitrogen and oxygen atoms in total. The van der Waals surface area contributed by atoms with Crippen molar-refractivity contribution in [3.8, 4) is 39.6 Å². The molecule has 8 aromatic carbocycles. The van der Waals surface area contributed by atoms with E-state index < -0.39 is 0 Å². The van der Waals surface area contributed by atoms with Gasteiger partial charge in [0.15, 0.2) is 0 Å². The lowest BCUT2D eigenvalue weighted by atomic mass is 10.0. The van der Waals surface area contributed by atoms with E-state index in [0.29, 0.717) is 0 Å². The van der Waals surface area contributed by atoms with Gasteiger partial charge in [-0.25, -0.2) is 4.68 Å². The van der Waals surface area contributed by atoms with Crippen molar-refractivity contribution >= 4 is 65.6 Å². The van der Waals surface area contributed by atoms with E-state index in [0.717, 1.165) is 89.0 Å². The van der Waals surface area contributed by atoms with Crippen molar-refractivity contribution in [1.29, 1.82) is 0 Å². The van der Waals surface area contributed by atoms with E-state index in [9.17, 15) is 0 Å². The first-order valence-corrected chi connectivity index (χ1v) is 18.9. The maximum absolute atomic E-state index is 6.42. The van der Waals surface area contributed by atoms with Gasteiger partial charge < -0.3 is 13.6 Å². The highest BCUT2D eigenvalue weighted by Gasteiger charge is 2.24. The summed E-state index contributed by atoms with van der Waals surface area (Å²) >= 11 is 0. The molecule has 262 valence electrons. The fourth-order valence-corrected chi connectivity index (χ4v) is 8.84. The van der Waals surface area contributed by atoms with Crippen LogP contribution in [0.15, 0.2) is 192 Å². The number of para-hydroxylation sites is 4. The van der Waals surface area contributed by atoms with Gasteiger partial charge in [0, 0.05) is 49.4 Å². The molecule has 4 aromatic heterocycles. The minimum atomic E-state index is 0.836. The topological polar surface area (TPSA) is 53.7 Å². The standard InChI is InChI=1S/C50H31N5O/c1-3-15-32(16-4-1)47-48(33-17-5-2-6-18-33)55(52-51-47)43-27-14-24-38-36-21-7-10-25-41(36)53(49(38)43)34-19-13-20-35(31-34)54-42-26-11-8-22-37(42)39-29-30-45-46(50(39)54)40-23-9-12-28-44(40)56-45/h1-31H. The lowest BCUT2D eigenvalue weighted by Crippen LogP contribution is -2.04. The Kier molecular flexibility index (Phi) is 6.53. The van der Waals surface area contributed by atoms with Crippen LogP contribution in [-0.4, -0.2) is 24.1 Å². The molecule has 0 saturated carbocycles. The first kappa shape index (κ1) is 30.7. The third-order valence-electron chi connectivity index (χ3n) is 11.2. The first-order valence-electron chi connectivity index (χ1n) is 18.9. The molecule has 0 amide bonds. The van der Waals surface area contributed by atoms with Gasteiger partial charge in [0.25, 0.3) is 0 Å². The molecule has 0 aliphatic heterocycles. The summed E-state index contributed by atoms with van der Waals surface area (Å²) in [7, 11) is 0. The highest BCUT2D eigenvalue weighted by atomic mass is 16.3. The normalized spacial score (nSPS) is 11.9. The molecule has 4 heterocycles. The molecule has 0 N–H and O–H groups in total. The largest absolute Gasteiger partial charge is 0.456 e. The Morgan fingerprint density at radius 3 is 1.71 bits per heavy atom. The predicted octanol–water partition coefficient (Wildman–Crippen LogP) is 12.7. The Morgan fingerprint density at radius 2 is 0.982 bits per heavy atom. The molecule has 0 unspecified atom stereocenters. The van der Waals surface area contributed by atoms with Crippen molar-refractivity contribution in [2.24, 2.45) is 0 Å². The Morgan fingerprint density at radius 1 is 0.411 bits per heavy atom. The number of nitrogens with zero attached hydrogens (tertiary/aromatic N) is 5. The van der Waals surface area contributed by atoms with Gasteiger partial charge in [-0.3, -0.25) is 0 Å². The van der Waals surface area contributed by atoms with Crippen LogP contribution in [0.1, 0.15) is 0 Å². The molecule has 0 aliphatic rings. The lowest BCUT2D eigenvalue weighted by Gasteiger charge is -2.15. The van der Waals surface area contributed by atoms with Crippen LogP contribution in [0.2, 0.25) is 0 Å². The molecule has 56 heavy (non-hydrogen) atoms. The van der Waals surface area contributed by atoms with E-state index in [-0.39, 0.29) is 0 Å². The maximum atomic E-state index is 6.42. The zero-order valence-electron chi connectivity index (χ0n) is 30.0. The third kappa shape index (κ3) is 4.38. The average Bonchev–Trinajstić information content (AvgIpc) is 4.04. The van der Waals surface area contributed by atoms with E-state index in [1.165, 1.54) is 16.2 Å². The second-order valence-electron chi connectivity index (χ2n) is 14.3. The number of furan rings is 1. The Balaban J connectivity index is 1.16. The van der Waals surface area contributed by atoms with Crippen molar-refractivity contribution in [3.05, 3.63) is 188 Å². The van der Waals surface area contributed by atoms with E-state index in [4.69, 9.17) is 14.7 Å². The number of aromatic nitrogens is 5. The SMILES string of the molecule is c1ccc(-c2nnn(-c3cccc4c5ccccc5n(-c5cccc(-n6c7ccccc7c7ccc8oc9ccccc9c8c76)c5)c34)c2-c2ccccc2)cc1. The second kappa shape index (κ2) is 11.9. The smallest absolute Gasteiger partial charge is 0.137 e. The average molecular weight is 718 g/mol. The number of rotatable bonds is 5. The molecule has 0 aliphatic carbocycles. The van der Waals surface area contributed by atoms with Gasteiger partial charge in [0.1, 0.15) is 22.6 Å². The number of fused-ring (bicyclic) bond motifs is 10. The van der Waals surface area contributed by atoms with Gasteiger partial charge in [-0.15, -0.1) is 5.10 Å². The monoisotopic (exact) mass is 717 g/mol. The van der Waals surface area contributed by atoms with Gasteiger partial charge in [0.2, 0.25) is 0 Å². The van der Waals surface area contributed by atoms with E-state index in [2.05, 4.69) is 167 Å². The van der Waals surface area contributed by atoms with Gasteiger partial charge in [-0.2, -0.15) is 0 Å². The lowest BCUT2D eigenvalue weighted by molar-refractivity contribution is 0.669. The molecule has 12 rings (SSSR count). The van der Waals surface area contributed by atoms with E-state index in [1.807, 2.05) is 35.0 Å². The molecular weight excluding hydrogens is 687 g/mol. The maximum Gasteiger partial charge on any atom is 0.137 e. The molecule has 0 bridgehead atoms. The van der Waals surface area contributed by atoms with Gasteiger partial charge >= 0.3 is 0 Å². The summed E-state index contributed by atoms with van der Waals surface area (Å²) in [5.41, 5.74) is 13.1. The Bertz CT molecular complexity index is 3480. The summed E-state index contributed by atoms with van der Waals surface area (Å²) in [5.74, 6) is 0. The fraction of sp³-hybridized carbons (Fsp3) is 0. The summed E-state index contributed by atoms with van der Waals surface area (Å²) in [6.45, 7) is 0. The minimum Gasteiger partial charge on any atom is -0.456 e. The molecular formula is C50H31N5O. The first-order chi connectivity index (χ1) is 27.8. The van der Waals surface area contributed by atoms with Crippen molar-refractivity contribution in [2.75, 3.05) is 0 Å². The van der Waals surface area contributed by atoms with Crippen LogP contribution in [0.25, 0.3) is 105 Å². The highest BCUT2D eigenvalue weighted by molar-refractivity contribution is 6.24. The number of benzene rings is 8. The Labute approximate surface area is 320 Å². The molecule has 0 fully saturated rings. The summed E-state index contributed by atoms with van der Waals surface area (Å²) in [6.07, 6.45) is 0. The molecule has 6 heteroatoms. The zero-order chi connectivity index (χ0) is 36.7. The van der Waals surface area contributed by atoms with Crippen molar-refractivity contribution in [1.82, 2.24) is 24.1 Å². The van der Waals surface area contributed by atoms with Crippen molar-refractivity contribution in [2.45, 2.75) is 0 Å². The Hall–Kier alpha value is -7.70. The summed E-state index contributed by atoms with van der Waals surface area (Å²) in [4.78, 5) is 0. The summed E-state index contributed by atoms with van der Waals surface area (Å²) < 4.78 is 13.2. The molecule has 12 aromatic rings. The van der Waals surface area contributed by atoms with Crippen LogP contribution < -0.4 is 0 Å². The van der Waals surface area contributed by atoms with Gasteiger partial charge in [-0.05, 0) is 54.6 Å². The van der Waals surface area contributed by atoms with Crippen molar-refractivity contribution in [3.63, 3.8) is 0 Å². The minimum absolute atomic E-state index is 0.836. The van der Waals surface area contributed by atoms with Gasteiger partial charge in [0.05, 0.1) is 33.1 Å². The van der Waals surface area contributed by atoms with Crippen LogP contribution in [0.4, 0.5) is 0 Å². The zero-order valence-corrected chi connectivity index (χ0v) is 30.0. The van der Waals surface area contributed by atoms with E-state index in [1.54, 1.807) is 0 Å². The van der Waals surface area contributed by atoms with Crippen LogP contribution >= 0.6 is 0 Å². The second-order valence-corrected chi connectivity index (χ2v) is 14.3. The molecule has 0 saturated heterocycles. The number of hydrogen-bond donors (Lipinski definition) is 0. The third-order valence-corrected chi connectivity index (χ3v) is 11.2. The van der Waals surface area contributed by atoms with Gasteiger partial charge in [-0.1, -0.05) is 139 Å². The highest BCUT2D eigenvalue weighted by Crippen LogP contribution is 2.42. The van der Waals surface area contributed by atoms with Crippen LogP contribution in [0.3, 0.4) is 0 Å². The number of hydrogen-bond acceptors (Lipinski definition) is 3. The summed E-state index contributed by atoms with van der Waals surface area (Å²) in [5, 5.41) is 16.7. The summed E-state index contributed by atoms with van der Waals surface area (Å²) in [6, 6.07) is 66.1. The predicted molar refractivity (Wildman–Crippen MR) is 228 cm³/mol. The van der Waals surface area contributed by atoms with Crippen LogP contribution in [0.5, 0.6) is 0 Å². The molecule has 0 atom stereocenters. The van der Waals surface area contributed by atoms with Crippen LogP contribution in [-0.2, 0) is 0 Å². The fourth-order valence-electron chi connectivity index (χ4n) is 8.84. The quantitative estimate of drug-likeness (QED) is 0.178.